The maximum Gasteiger partial charge on any atom is 0.220 e. The zero-order valence-electron chi connectivity index (χ0n) is 50.1. The van der Waals surface area contributed by atoms with Crippen molar-refractivity contribution in [3.63, 3.8) is 0 Å². The fourth-order valence-corrected chi connectivity index (χ4v) is 10.8. The average Bonchev–Trinajstić information content (AvgIpc) is 3.48. The third-order valence-electron chi connectivity index (χ3n) is 16.0. The molecule has 2 fully saturated rings. The lowest BCUT2D eigenvalue weighted by Crippen LogP contribution is -2.65. The van der Waals surface area contributed by atoms with Crippen molar-refractivity contribution in [2.45, 2.75) is 351 Å². The standard InChI is InChI=1S/C65H121NO13/c1-3-5-7-9-11-13-15-17-19-20-21-22-23-24-25-26-27-28-29-30-31-32-33-34-35-36-38-40-42-44-46-48-54(69)53(66-57(70)49-47-45-43-41-39-37-18-16-14-12-10-8-6-4-2)52-76-64-62(75)60(73)63(56(51-68)78-64)79-65-61(74)59(72)58(71)55(50-67)77-65/h16,18,38,40,46,48,53-56,58-65,67-69,71-75H,3-15,17,19-37,39,41-45,47,49-52H2,1-2H3,(H,66,70)/b18-16-,40-38+,48-46+. The summed E-state index contributed by atoms with van der Waals surface area (Å²) in [7, 11) is 0. The Morgan fingerprint density at radius 2 is 0.810 bits per heavy atom. The number of unbranched alkanes of at least 4 members (excludes halogenated alkanes) is 36. The largest absolute Gasteiger partial charge is 0.394 e. The van der Waals surface area contributed by atoms with E-state index in [0.717, 1.165) is 51.4 Å². The number of amides is 1. The normalized spacial score (nSPS) is 24.6. The Bertz CT molecular complexity index is 1460. The molecule has 1 amide bonds. The molecule has 0 saturated carbocycles. The van der Waals surface area contributed by atoms with Crippen LogP contribution in [0.15, 0.2) is 36.5 Å². The van der Waals surface area contributed by atoms with E-state index in [1.807, 2.05) is 6.08 Å². The van der Waals surface area contributed by atoms with Gasteiger partial charge in [-0.05, 0) is 57.8 Å². The predicted molar refractivity (Wildman–Crippen MR) is 318 cm³/mol. The SMILES string of the molecule is CCCCCCC/C=C\CCCCCCCC(=O)NC(COC1OC(CO)C(OC2OC(CO)C(O)C(O)C2O)C(O)C1O)C(O)/C=C/CC/C=C/CCCCCCCCCCCCCCCCCCCCCCCCCCC. The van der Waals surface area contributed by atoms with Crippen molar-refractivity contribution in [3.05, 3.63) is 36.5 Å². The van der Waals surface area contributed by atoms with E-state index in [0.29, 0.717) is 12.8 Å². The summed E-state index contributed by atoms with van der Waals surface area (Å²) in [5.74, 6) is -0.256. The summed E-state index contributed by atoms with van der Waals surface area (Å²) in [4.78, 5) is 13.2. The number of allylic oxidation sites excluding steroid dienone is 5. The van der Waals surface area contributed by atoms with Crippen molar-refractivity contribution in [1.82, 2.24) is 5.32 Å². The molecule has 79 heavy (non-hydrogen) atoms. The third-order valence-corrected chi connectivity index (χ3v) is 16.0. The third kappa shape index (κ3) is 35.8. The van der Waals surface area contributed by atoms with Gasteiger partial charge in [-0.15, -0.1) is 0 Å². The van der Waals surface area contributed by atoms with Gasteiger partial charge in [-0.1, -0.05) is 249 Å². The molecule has 0 aromatic heterocycles. The lowest BCUT2D eigenvalue weighted by atomic mass is 9.97. The molecular weight excluding hydrogens is 1000 g/mol. The van der Waals surface area contributed by atoms with Crippen molar-refractivity contribution in [2.24, 2.45) is 0 Å². The van der Waals surface area contributed by atoms with Crippen molar-refractivity contribution in [3.8, 4) is 0 Å². The van der Waals surface area contributed by atoms with Crippen LogP contribution in [0.25, 0.3) is 0 Å². The molecule has 12 unspecified atom stereocenters. The molecule has 12 atom stereocenters. The topological polar surface area (TPSA) is 228 Å². The van der Waals surface area contributed by atoms with Crippen LogP contribution >= 0.6 is 0 Å². The molecule has 2 heterocycles. The fraction of sp³-hybridized carbons (Fsp3) is 0.892. The molecule has 0 radical (unpaired) electrons. The molecule has 0 spiro atoms. The monoisotopic (exact) mass is 1120 g/mol. The Morgan fingerprint density at radius 1 is 0.443 bits per heavy atom. The number of carbonyl (C=O) groups is 1. The summed E-state index contributed by atoms with van der Waals surface area (Å²) in [5, 5.41) is 87.1. The van der Waals surface area contributed by atoms with Gasteiger partial charge in [-0.3, -0.25) is 4.79 Å². The zero-order chi connectivity index (χ0) is 57.4. The minimum absolute atomic E-state index is 0.256. The molecule has 9 N–H and O–H groups in total. The van der Waals surface area contributed by atoms with E-state index in [9.17, 15) is 45.6 Å². The van der Waals surface area contributed by atoms with Crippen molar-refractivity contribution in [2.75, 3.05) is 19.8 Å². The highest BCUT2D eigenvalue weighted by atomic mass is 16.7. The summed E-state index contributed by atoms with van der Waals surface area (Å²) in [6.07, 6.45) is 46.5. The van der Waals surface area contributed by atoms with Crippen LogP contribution in [0.2, 0.25) is 0 Å². The molecule has 0 aliphatic carbocycles. The van der Waals surface area contributed by atoms with Crippen molar-refractivity contribution >= 4 is 5.91 Å². The second-order valence-electron chi connectivity index (χ2n) is 23.2. The van der Waals surface area contributed by atoms with Gasteiger partial charge in [0, 0.05) is 6.42 Å². The summed E-state index contributed by atoms with van der Waals surface area (Å²) in [6.45, 7) is 2.79. The molecule has 2 rings (SSSR count). The molecule has 14 heteroatoms. The minimum Gasteiger partial charge on any atom is -0.394 e. The smallest absolute Gasteiger partial charge is 0.220 e. The molecule has 0 bridgehead atoms. The second-order valence-corrected chi connectivity index (χ2v) is 23.2. The maximum absolute atomic E-state index is 13.2. The zero-order valence-corrected chi connectivity index (χ0v) is 50.1. The first kappa shape index (κ1) is 73.3. The molecule has 2 aliphatic rings. The second kappa shape index (κ2) is 50.7. The van der Waals surface area contributed by atoms with E-state index in [2.05, 4.69) is 43.5 Å². The van der Waals surface area contributed by atoms with Crippen LogP contribution in [0.1, 0.15) is 277 Å². The number of rotatable bonds is 53. The van der Waals surface area contributed by atoms with Crippen LogP contribution in [0, 0.1) is 0 Å². The van der Waals surface area contributed by atoms with E-state index in [1.54, 1.807) is 6.08 Å². The van der Waals surface area contributed by atoms with Gasteiger partial charge in [0.15, 0.2) is 12.6 Å². The van der Waals surface area contributed by atoms with Crippen LogP contribution in [0.3, 0.4) is 0 Å². The molecule has 0 aromatic rings. The van der Waals surface area contributed by atoms with Crippen LogP contribution in [0.4, 0.5) is 0 Å². The van der Waals surface area contributed by atoms with Crippen LogP contribution in [0.5, 0.6) is 0 Å². The minimum atomic E-state index is -1.79. The Kier molecular flexibility index (Phi) is 47.0. The summed E-state index contributed by atoms with van der Waals surface area (Å²) < 4.78 is 22.8. The highest BCUT2D eigenvalue weighted by molar-refractivity contribution is 5.76. The quantitative estimate of drug-likeness (QED) is 0.0204. The molecule has 464 valence electrons. The number of carbonyl (C=O) groups excluding carboxylic acids is 1. The Morgan fingerprint density at radius 3 is 1.24 bits per heavy atom. The summed E-state index contributed by atoms with van der Waals surface area (Å²) in [5.41, 5.74) is 0. The van der Waals surface area contributed by atoms with Crippen LogP contribution in [-0.2, 0) is 23.7 Å². The number of ether oxygens (including phenoxy) is 4. The van der Waals surface area contributed by atoms with Crippen molar-refractivity contribution < 1.29 is 64.6 Å². The van der Waals surface area contributed by atoms with Gasteiger partial charge >= 0.3 is 0 Å². The van der Waals surface area contributed by atoms with Gasteiger partial charge in [0.1, 0.15) is 48.8 Å². The fourth-order valence-electron chi connectivity index (χ4n) is 10.8. The van der Waals surface area contributed by atoms with Gasteiger partial charge in [-0.25, -0.2) is 0 Å². The number of hydrogen-bond acceptors (Lipinski definition) is 13. The van der Waals surface area contributed by atoms with Gasteiger partial charge in [0.2, 0.25) is 5.91 Å². The highest BCUT2D eigenvalue weighted by Crippen LogP contribution is 2.30. The highest BCUT2D eigenvalue weighted by Gasteiger charge is 2.51. The van der Waals surface area contributed by atoms with E-state index in [-0.39, 0.29) is 18.9 Å². The number of aliphatic hydroxyl groups excluding tert-OH is 8. The van der Waals surface area contributed by atoms with E-state index in [1.165, 1.54) is 193 Å². The van der Waals surface area contributed by atoms with Gasteiger partial charge in [0.05, 0.1) is 32.0 Å². The van der Waals surface area contributed by atoms with E-state index < -0.39 is 86.8 Å². The summed E-state index contributed by atoms with van der Waals surface area (Å²) >= 11 is 0. The number of hydrogen-bond donors (Lipinski definition) is 9. The Labute approximate surface area is 481 Å². The van der Waals surface area contributed by atoms with E-state index in [4.69, 9.17) is 18.9 Å². The molecular formula is C65H121NO13. The van der Waals surface area contributed by atoms with E-state index >= 15 is 0 Å². The molecule has 14 nitrogen and oxygen atoms in total. The average molecular weight is 1120 g/mol. The number of nitrogens with one attached hydrogen (secondary N) is 1. The first-order valence-electron chi connectivity index (χ1n) is 32.7. The Balaban J connectivity index is 1.68. The first-order chi connectivity index (χ1) is 38.6. The van der Waals surface area contributed by atoms with Crippen LogP contribution in [-0.4, -0.2) is 140 Å². The van der Waals surface area contributed by atoms with Gasteiger partial charge < -0.3 is 65.1 Å². The van der Waals surface area contributed by atoms with Gasteiger partial charge in [0.25, 0.3) is 0 Å². The predicted octanol–water partition coefficient (Wildman–Crippen LogP) is 12.2. The molecule has 2 aliphatic heterocycles. The molecule has 2 saturated heterocycles. The number of aliphatic hydroxyl groups is 8. The lowest BCUT2D eigenvalue weighted by Gasteiger charge is -2.46. The first-order valence-corrected chi connectivity index (χ1v) is 32.7. The maximum atomic E-state index is 13.2. The van der Waals surface area contributed by atoms with Crippen LogP contribution < -0.4 is 5.32 Å². The summed E-state index contributed by atoms with van der Waals surface area (Å²) in [6, 6.07) is -0.935. The molecule has 0 aromatic carbocycles. The van der Waals surface area contributed by atoms with Gasteiger partial charge in [-0.2, -0.15) is 0 Å². The van der Waals surface area contributed by atoms with Crippen molar-refractivity contribution in [1.29, 1.82) is 0 Å². The lowest BCUT2D eigenvalue weighted by molar-refractivity contribution is -0.359. The Hall–Kier alpha value is -1.79.